The lowest BCUT2D eigenvalue weighted by molar-refractivity contribution is 0.792. The summed E-state index contributed by atoms with van der Waals surface area (Å²) in [5.74, 6) is 1.54. The first-order valence-electron chi connectivity index (χ1n) is 5.33. The molecule has 4 heteroatoms. The quantitative estimate of drug-likeness (QED) is 0.846. The number of nitrogen functional groups attached to an aromatic ring is 1. The maximum absolute atomic E-state index is 6.08. The first-order valence-corrected chi connectivity index (χ1v) is 5.70. The Balaban J connectivity index is 2.49. The smallest absolute Gasteiger partial charge is 0.132 e. The van der Waals surface area contributed by atoms with Crippen LogP contribution < -0.4 is 5.73 Å². The fraction of sp³-hybridized carbons (Fsp3) is 0.154. The van der Waals surface area contributed by atoms with Crippen LogP contribution in [0.2, 0.25) is 5.02 Å². The normalized spacial score (nSPS) is 10.5. The van der Waals surface area contributed by atoms with Gasteiger partial charge in [-0.2, -0.15) is 0 Å². The highest BCUT2D eigenvalue weighted by Crippen LogP contribution is 2.27. The van der Waals surface area contributed by atoms with Crippen LogP contribution in [-0.2, 0) is 6.54 Å². The Morgan fingerprint density at radius 3 is 2.65 bits per heavy atom. The molecule has 0 aliphatic carbocycles. The molecular formula is C13H14ClN3. The molecule has 0 aliphatic heterocycles. The van der Waals surface area contributed by atoms with Crippen LogP contribution in [0, 0.1) is 6.92 Å². The van der Waals surface area contributed by atoms with Gasteiger partial charge in [0, 0.05) is 17.1 Å². The van der Waals surface area contributed by atoms with Gasteiger partial charge in [0.25, 0.3) is 0 Å². The number of anilines is 1. The van der Waals surface area contributed by atoms with E-state index in [2.05, 4.69) is 11.6 Å². The second-order valence-corrected chi connectivity index (χ2v) is 4.24. The van der Waals surface area contributed by atoms with Crippen molar-refractivity contribution in [3.8, 4) is 11.3 Å². The van der Waals surface area contributed by atoms with Gasteiger partial charge in [-0.25, -0.2) is 4.98 Å². The van der Waals surface area contributed by atoms with Gasteiger partial charge in [0.2, 0.25) is 0 Å². The van der Waals surface area contributed by atoms with Crippen LogP contribution in [0.5, 0.6) is 0 Å². The average Bonchev–Trinajstić information content (AvgIpc) is 2.59. The van der Waals surface area contributed by atoms with Crippen molar-refractivity contribution in [2.24, 2.45) is 0 Å². The zero-order valence-electron chi connectivity index (χ0n) is 9.65. The van der Waals surface area contributed by atoms with E-state index in [0.717, 1.165) is 17.1 Å². The molecular weight excluding hydrogens is 234 g/mol. The Morgan fingerprint density at radius 1 is 1.41 bits per heavy atom. The number of allylic oxidation sites excluding steroid dienone is 1. The number of rotatable bonds is 3. The summed E-state index contributed by atoms with van der Waals surface area (Å²) in [7, 11) is 0. The van der Waals surface area contributed by atoms with Crippen LogP contribution in [-0.4, -0.2) is 9.55 Å². The summed E-state index contributed by atoms with van der Waals surface area (Å²) in [6.45, 7) is 6.30. The highest BCUT2D eigenvalue weighted by molar-refractivity contribution is 6.30. The second kappa shape index (κ2) is 4.63. The fourth-order valence-corrected chi connectivity index (χ4v) is 1.89. The summed E-state index contributed by atoms with van der Waals surface area (Å²) in [5, 5.41) is 0.703. The summed E-state index contributed by atoms with van der Waals surface area (Å²) >= 11 is 5.85. The number of halogens is 1. The van der Waals surface area contributed by atoms with Crippen molar-refractivity contribution in [3.63, 3.8) is 0 Å². The van der Waals surface area contributed by atoms with Crippen molar-refractivity contribution < 1.29 is 0 Å². The number of aryl methyl sites for hydroxylation is 1. The Hall–Kier alpha value is -1.74. The lowest BCUT2D eigenvalue weighted by Crippen LogP contribution is -2.03. The highest BCUT2D eigenvalue weighted by Gasteiger charge is 2.12. The molecule has 0 amide bonds. The van der Waals surface area contributed by atoms with Gasteiger partial charge in [-0.1, -0.05) is 29.8 Å². The molecule has 2 aromatic rings. The molecule has 1 aromatic heterocycles. The Labute approximate surface area is 106 Å². The monoisotopic (exact) mass is 247 g/mol. The molecule has 0 saturated heterocycles. The van der Waals surface area contributed by atoms with Gasteiger partial charge < -0.3 is 10.3 Å². The number of hydrogen-bond acceptors (Lipinski definition) is 2. The minimum Gasteiger partial charge on any atom is -0.383 e. The number of nitrogens with two attached hydrogens (primary N) is 1. The van der Waals surface area contributed by atoms with E-state index >= 15 is 0 Å². The predicted molar refractivity (Wildman–Crippen MR) is 72.0 cm³/mol. The zero-order valence-corrected chi connectivity index (χ0v) is 10.4. The minimum absolute atomic E-state index is 0.657. The summed E-state index contributed by atoms with van der Waals surface area (Å²) in [6, 6.07) is 7.49. The number of nitrogens with zero attached hydrogens (tertiary/aromatic N) is 2. The van der Waals surface area contributed by atoms with Crippen LogP contribution in [0.4, 0.5) is 5.82 Å². The van der Waals surface area contributed by atoms with Crippen LogP contribution in [0.3, 0.4) is 0 Å². The largest absolute Gasteiger partial charge is 0.383 e. The minimum atomic E-state index is 0.657. The Kier molecular flexibility index (Phi) is 3.20. The lowest BCUT2D eigenvalue weighted by Gasteiger charge is -2.04. The van der Waals surface area contributed by atoms with E-state index in [-0.39, 0.29) is 0 Å². The van der Waals surface area contributed by atoms with Gasteiger partial charge in [0.05, 0.1) is 0 Å². The Morgan fingerprint density at radius 2 is 2.06 bits per heavy atom. The van der Waals surface area contributed by atoms with Gasteiger partial charge in [-0.3, -0.25) is 0 Å². The average molecular weight is 248 g/mol. The van der Waals surface area contributed by atoms with Gasteiger partial charge >= 0.3 is 0 Å². The van der Waals surface area contributed by atoms with Crippen molar-refractivity contribution in [2.45, 2.75) is 13.5 Å². The summed E-state index contributed by atoms with van der Waals surface area (Å²) in [6.07, 6.45) is 1.80. The SMILES string of the molecule is C=CCn1c(C)nc(-c2ccc(Cl)cc2)c1N. The van der Waals surface area contributed by atoms with E-state index in [0.29, 0.717) is 17.4 Å². The number of aromatic nitrogens is 2. The third kappa shape index (κ3) is 2.19. The van der Waals surface area contributed by atoms with Crippen molar-refractivity contribution in [2.75, 3.05) is 5.73 Å². The predicted octanol–water partition coefficient (Wildman–Crippen LogP) is 3.28. The van der Waals surface area contributed by atoms with E-state index in [4.69, 9.17) is 17.3 Å². The molecule has 0 spiro atoms. The molecule has 0 radical (unpaired) electrons. The molecule has 1 aromatic carbocycles. The number of imidazole rings is 1. The molecule has 0 atom stereocenters. The lowest BCUT2D eigenvalue weighted by atomic mass is 10.1. The van der Waals surface area contributed by atoms with Crippen LogP contribution in [0.25, 0.3) is 11.3 Å². The molecule has 0 fully saturated rings. The molecule has 0 saturated carbocycles. The molecule has 1 heterocycles. The standard InChI is InChI=1S/C13H14ClN3/c1-3-8-17-9(2)16-12(13(17)15)10-4-6-11(14)7-5-10/h3-7H,1,8,15H2,2H3. The van der Waals surface area contributed by atoms with Crippen LogP contribution >= 0.6 is 11.6 Å². The molecule has 88 valence electrons. The van der Waals surface area contributed by atoms with Crippen molar-refractivity contribution >= 4 is 17.4 Å². The van der Waals surface area contributed by atoms with E-state index in [1.165, 1.54) is 0 Å². The van der Waals surface area contributed by atoms with Crippen molar-refractivity contribution in [3.05, 3.63) is 47.8 Å². The number of hydrogen-bond donors (Lipinski definition) is 1. The van der Waals surface area contributed by atoms with E-state index < -0.39 is 0 Å². The molecule has 2 rings (SSSR count). The Bertz CT molecular complexity index is 541. The second-order valence-electron chi connectivity index (χ2n) is 3.80. The summed E-state index contributed by atoms with van der Waals surface area (Å²) in [5.41, 5.74) is 7.84. The van der Waals surface area contributed by atoms with Gasteiger partial charge in [0.15, 0.2) is 0 Å². The van der Waals surface area contributed by atoms with Crippen LogP contribution in [0.15, 0.2) is 36.9 Å². The van der Waals surface area contributed by atoms with Crippen molar-refractivity contribution in [1.82, 2.24) is 9.55 Å². The van der Waals surface area contributed by atoms with E-state index in [1.807, 2.05) is 35.8 Å². The van der Waals surface area contributed by atoms with Gasteiger partial charge in [-0.15, -0.1) is 6.58 Å². The molecule has 0 bridgehead atoms. The summed E-state index contributed by atoms with van der Waals surface area (Å²) < 4.78 is 1.93. The first-order chi connectivity index (χ1) is 8.13. The maximum Gasteiger partial charge on any atom is 0.132 e. The molecule has 0 unspecified atom stereocenters. The van der Waals surface area contributed by atoms with Crippen LogP contribution in [0.1, 0.15) is 5.82 Å². The molecule has 3 nitrogen and oxygen atoms in total. The topological polar surface area (TPSA) is 43.8 Å². The third-order valence-corrected chi connectivity index (χ3v) is 2.88. The van der Waals surface area contributed by atoms with E-state index in [9.17, 15) is 0 Å². The fourth-order valence-electron chi connectivity index (χ4n) is 1.76. The van der Waals surface area contributed by atoms with E-state index in [1.54, 1.807) is 6.08 Å². The molecule has 0 aliphatic rings. The van der Waals surface area contributed by atoms with Gasteiger partial charge in [0.1, 0.15) is 17.3 Å². The maximum atomic E-state index is 6.08. The third-order valence-electron chi connectivity index (χ3n) is 2.63. The van der Waals surface area contributed by atoms with Crippen molar-refractivity contribution in [1.29, 1.82) is 0 Å². The molecule has 2 N–H and O–H groups in total. The van der Waals surface area contributed by atoms with Gasteiger partial charge in [-0.05, 0) is 19.1 Å². The summed E-state index contributed by atoms with van der Waals surface area (Å²) in [4.78, 5) is 4.48. The molecule has 17 heavy (non-hydrogen) atoms. The highest BCUT2D eigenvalue weighted by atomic mass is 35.5. The number of benzene rings is 1. The first kappa shape index (κ1) is 11.7. The zero-order chi connectivity index (χ0) is 12.4.